The molecule has 0 saturated carbocycles. The summed E-state index contributed by atoms with van der Waals surface area (Å²) in [6.45, 7) is 16.2. The van der Waals surface area contributed by atoms with Crippen molar-refractivity contribution in [3.63, 3.8) is 0 Å². The third-order valence-electron chi connectivity index (χ3n) is 3.91. The Hall–Kier alpha value is -0.0800. The molecule has 0 rings (SSSR count). The zero-order valence-electron chi connectivity index (χ0n) is 16.7. The van der Waals surface area contributed by atoms with Crippen LogP contribution in [-0.2, 0) is 9.47 Å². The van der Waals surface area contributed by atoms with Gasteiger partial charge in [-0.15, -0.1) is 24.0 Å². The highest BCUT2D eigenvalue weighted by Crippen LogP contribution is 2.10. The summed E-state index contributed by atoms with van der Waals surface area (Å²) in [7, 11) is 1.81. The first-order valence-corrected chi connectivity index (χ1v) is 9.13. The molecule has 0 radical (unpaired) electrons. The van der Waals surface area contributed by atoms with Gasteiger partial charge in [-0.1, -0.05) is 27.7 Å². The van der Waals surface area contributed by atoms with Gasteiger partial charge >= 0.3 is 0 Å². The molecule has 0 aromatic rings. The summed E-state index contributed by atoms with van der Waals surface area (Å²) in [5.74, 6) is 1.91. The molecule has 6 heteroatoms. The Morgan fingerprint density at radius 2 is 1.21 bits per heavy atom. The van der Waals surface area contributed by atoms with Crippen LogP contribution in [-0.4, -0.2) is 51.5 Å². The SMILES string of the molecule is CCOC(CCNC(=NC)NCCC(OCC)C(C)C)C(C)C.I. The van der Waals surface area contributed by atoms with Crippen molar-refractivity contribution in [1.29, 1.82) is 0 Å². The predicted molar refractivity (Wildman–Crippen MR) is 115 cm³/mol. The minimum absolute atomic E-state index is 0. The van der Waals surface area contributed by atoms with E-state index < -0.39 is 0 Å². The van der Waals surface area contributed by atoms with E-state index in [1.54, 1.807) is 7.05 Å². The highest BCUT2D eigenvalue weighted by molar-refractivity contribution is 14.0. The Labute approximate surface area is 166 Å². The first-order valence-electron chi connectivity index (χ1n) is 9.13. The van der Waals surface area contributed by atoms with E-state index in [0.717, 1.165) is 45.1 Å². The molecule has 24 heavy (non-hydrogen) atoms. The van der Waals surface area contributed by atoms with E-state index in [2.05, 4.69) is 43.3 Å². The molecule has 0 aromatic heterocycles. The lowest BCUT2D eigenvalue weighted by atomic mass is 10.0. The summed E-state index contributed by atoms with van der Waals surface area (Å²) in [6.07, 6.45) is 2.57. The molecule has 2 N–H and O–H groups in total. The van der Waals surface area contributed by atoms with Crippen LogP contribution in [0.25, 0.3) is 0 Å². The monoisotopic (exact) mass is 457 g/mol. The molecule has 5 nitrogen and oxygen atoms in total. The Kier molecular flexibility index (Phi) is 17.9. The number of hydrogen-bond acceptors (Lipinski definition) is 3. The summed E-state index contributed by atoms with van der Waals surface area (Å²) in [6, 6.07) is 0. The Balaban J connectivity index is 0. The van der Waals surface area contributed by atoms with Crippen molar-refractivity contribution in [3.05, 3.63) is 0 Å². The van der Waals surface area contributed by atoms with Crippen molar-refractivity contribution < 1.29 is 9.47 Å². The maximum absolute atomic E-state index is 5.77. The normalized spacial score (nSPS) is 13.4. The average Bonchev–Trinajstić information content (AvgIpc) is 2.50. The van der Waals surface area contributed by atoms with Crippen LogP contribution in [0.3, 0.4) is 0 Å². The van der Waals surface area contributed by atoms with Crippen LogP contribution in [0.2, 0.25) is 0 Å². The molecule has 0 spiro atoms. The van der Waals surface area contributed by atoms with Crippen molar-refractivity contribution in [2.45, 2.75) is 66.6 Å². The van der Waals surface area contributed by atoms with Gasteiger partial charge in [-0.3, -0.25) is 4.99 Å². The van der Waals surface area contributed by atoms with Crippen LogP contribution in [0.5, 0.6) is 0 Å². The second kappa shape index (κ2) is 16.4. The van der Waals surface area contributed by atoms with Crippen molar-refractivity contribution in [1.82, 2.24) is 10.6 Å². The summed E-state index contributed by atoms with van der Waals surface area (Å²) >= 11 is 0. The van der Waals surface area contributed by atoms with E-state index in [1.807, 2.05) is 13.8 Å². The molecule has 0 aromatic carbocycles. The maximum Gasteiger partial charge on any atom is 0.190 e. The van der Waals surface area contributed by atoms with Crippen LogP contribution < -0.4 is 10.6 Å². The van der Waals surface area contributed by atoms with Gasteiger partial charge < -0.3 is 20.1 Å². The van der Waals surface area contributed by atoms with E-state index in [0.29, 0.717) is 24.0 Å². The van der Waals surface area contributed by atoms with E-state index in [-0.39, 0.29) is 24.0 Å². The molecule has 0 aliphatic carbocycles. The number of halogens is 1. The smallest absolute Gasteiger partial charge is 0.190 e. The highest BCUT2D eigenvalue weighted by Gasteiger charge is 2.14. The summed E-state index contributed by atoms with van der Waals surface area (Å²) in [5.41, 5.74) is 0. The van der Waals surface area contributed by atoms with Gasteiger partial charge in [-0.05, 0) is 38.5 Å². The summed E-state index contributed by atoms with van der Waals surface area (Å²) < 4.78 is 11.5. The molecule has 0 aliphatic rings. The number of hydrogen-bond donors (Lipinski definition) is 2. The third-order valence-corrected chi connectivity index (χ3v) is 3.91. The fourth-order valence-electron chi connectivity index (χ4n) is 2.53. The average molecular weight is 457 g/mol. The summed E-state index contributed by atoms with van der Waals surface area (Å²) in [5, 5.41) is 6.73. The number of guanidine groups is 1. The van der Waals surface area contributed by atoms with E-state index in [9.17, 15) is 0 Å². The van der Waals surface area contributed by atoms with Crippen LogP contribution in [0.4, 0.5) is 0 Å². The van der Waals surface area contributed by atoms with Crippen molar-refractivity contribution >= 4 is 29.9 Å². The third kappa shape index (κ3) is 12.3. The topological polar surface area (TPSA) is 54.9 Å². The van der Waals surface area contributed by atoms with Crippen LogP contribution in [0, 0.1) is 11.8 Å². The van der Waals surface area contributed by atoms with Gasteiger partial charge in [0.05, 0.1) is 12.2 Å². The quantitative estimate of drug-likeness (QED) is 0.267. The molecule has 146 valence electrons. The van der Waals surface area contributed by atoms with Gasteiger partial charge in [0.2, 0.25) is 0 Å². The van der Waals surface area contributed by atoms with Crippen LogP contribution >= 0.6 is 24.0 Å². The minimum atomic E-state index is 0. The van der Waals surface area contributed by atoms with Gasteiger partial charge in [-0.2, -0.15) is 0 Å². The Bertz CT molecular complexity index is 287. The van der Waals surface area contributed by atoms with Crippen LogP contribution in [0.1, 0.15) is 54.4 Å². The largest absolute Gasteiger partial charge is 0.378 e. The van der Waals surface area contributed by atoms with Gasteiger partial charge in [0.1, 0.15) is 0 Å². The van der Waals surface area contributed by atoms with E-state index in [1.165, 1.54) is 0 Å². The van der Waals surface area contributed by atoms with Crippen molar-refractivity contribution in [2.24, 2.45) is 16.8 Å². The molecule has 0 heterocycles. The fourth-order valence-corrected chi connectivity index (χ4v) is 2.53. The lowest BCUT2D eigenvalue weighted by Gasteiger charge is -2.23. The number of nitrogens with zero attached hydrogens (tertiary/aromatic N) is 1. The molecule has 0 aliphatic heterocycles. The maximum atomic E-state index is 5.77. The van der Waals surface area contributed by atoms with Gasteiger partial charge in [0, 0.05) is 33.4 Å². The number of aliphatic imine (C=N–C) groups is 1. The lowest BCUT2D eigenvalue weighted by Crippen LogP contribution is -2.40. The van der Waals surface area contributed by atoms with Gasteiger partial charge in [0.15, 0.2) is 5.96 Å². The zero-order chi connectivity index (χ0) is 17.7. The first-order chi connectivity index (χ1) is 11.0. The molecule has 0 saturated heterocycles. The molecule has 0 bridgehead atoms. The van der Waals surface area contributed by atoms with E-state index >= 15 is 0 Å². The second-order valence-corrected chi connectivity index (χ2v) is 6.48. The Morgan fingerprint density at radius 1 is 0.833 bits per heavy atom. The first kappa shape index (κ1) is 26.2. The van der Waals surface area contributed by atoms with Crippen molar-refractivity contribution in [3.8, 4) is 0 Å². The Morgan fingerprint density at radius 3 is 1.46 bits per heavy atom. The fraction of sp³-hybridized carbons (Fsp3) is 0.944. The molecule has 2 unspecified atom stereocenters. The second-order valence-electron chi connectivity index (χ2n) is 6.48. The minimum Gasteiger partial charge on any atom is -0.378 e. The predicted octanol–water partition coefficient (Wildman–Crippen LogP) is 3.67. The van der Waals surface area contributed by atoms with Gasteiger partial charge in [-0.25, -0.2) is 0 Å². The molecule has 0 fully saturated rings. The zero-order valence-corrected chi connectivity index (χ0v) is 19.1. The summed E-state index contributed by atoms with van der Waals surface area (Å²) in [4.78, 5) is 4.28. The highest BCUT2D eigenvalue weighted by atomic mass is 127. The number of nitrogens with one attached hydrogen (secondary N) is 2. The van der Waals surface area contributed by atoms with Crippen molar-refractivity contribution in [2.75, 3.05) is 33.4 Å². The standard InChI is InChI=1S/C18H39N3O2.HI/c1-8-22-16(14(3)4)10-12-20-18(19-7)21-13-11-17(15(5)6)23-9-2;/h14-17H,8-13H2,1-7H3,(H2,19,20,21);1H. The number of rotatable bonds is 12. The number of ether oxygens (including phenoxy) is 2. The molecule has 2 atom stereocenters. The van der Waals surface area contributed by atoms with Gasteiger partial charge in [0.25, 0.3) is 0 Å². The lowest BCUT2D eigenvalue weighted by molar-refractivity contribution is 0.0253. The molecular formula is C18H40IN3O2. The molecule has 0 amide bonds. The molecular weight excluding hydrogens is 417 g/mol. The van der Waals surface area contributed by atoms with Crippen LogP contribution in [0.15, 0.2) is 4.99 Å². The van der Waals surface area contributed by atoms with E-state index in [4.69, 9.17) is 9.47 Å².